The van der Waals surface area contributed by atoms with Gasteiger partial charge in [0, 0.05) is 11.6 Å². The summed E-state index contributed by atoms with van der Waals surface area (Å²) in [7, 11) is -3.74. The van der Waals surface area contributed by atoms with E-state index in [1.807, 2.05) is 26.8 Å². The predicted octanol–water partition coefficient (Wildman–Crippen LogP) is 5.69. The molecule has 2 aromatic rings. The van der Waals surface area contributed by atoms with Crippen molar-refractivity contribution in [2.45, 2.75) is 69.3 Å². The zero-order valence-electron chi connectivity index (χ0n) is 18.8. The summed E-state index contributed by atoms with van der Waals surface area (Å²) in [6.45, 7) is 5.92. The maximum Gasteiger partial charge on any atom is 0.339 e. The molecule has 0 aromatic heterocycles. The first kappa shape index (κ1) is 23.9. The highest BCUT2D eigenvalue weighted by Gasteiger charge is 2.48. The van der Waals surface area contributed by atoms with Gasteiger partial charge in [0.1, 0.15) is 5.76 Å². The topological polar surface area (TPSA) is 92.7 Å². The van der Waals surface area contributed by atoms with Crippen molar-refractivity contribution in [2.75, 3.05) is 4.72 Å². The lowest BCUT2D eigenvalue weighted by Crippen LogP contribution is -2.31. The van der Waals surface area contributed by atoms with Crippen molar-refractivity contribution in [1.29, 1.82) is 0 Å². The first-order chi connectivity index (χ1) is 15.3. The number of esters is 1. The largest absolute Gasteiger partial charge is 0.507 e. The summed E-state index contributed by atoms with van der Waals surface area (Å²) in [5.41, 5.74) is 0.445. The maximum absolute atomic E-state index is 12.9. The van der Waals surface area contributed by atoms with E-state index in [0.29, 0.717) is 24.9 Å². The highest BCUT2D eigenvalue weighted by atomic mass is 32.2. The molecular weight excluding hydrogens is 426 g/mol. The minimum Gasteiger partial charge on any atom is -0.507 e. The van der Waals surface area contributed by atoms with Crippen LogP contribution in [0.15, 0.2) is 70.8 Å². The van der Waals surface area contributed by atoms with Crippen molar-refractivity contribution in [2.24, 2.45) is 0 Å². The first-order valence-electron chi connectivity index (χ1n) is 11.1. The van der Waals surface area contributed by atoms with Gasteiger partial charge >= 0.3 is 5.97 Å². The fourth-order valence-corrected chi connectivity index (χ4v) is 5.51. The maximum atomic E-state index is 12.9. The zero-order valence-corrected chi connectivity index (χ0v) is 19.6. The number of nitrogens with one attached hydrogen (secondary N) is 1. The number of sulfonamides is 1. The van der Waals surface area contributed by atoms with Crippen LogP contribution in [0.2, 0.25) is 0 Å². The van der Waals surface area contributed by atoms with Crippen LogP contribution in [-0.4, -0.2) is 25.1 Å². The standard InChI is InChI=1S/C25H31NO5S/c1-4-15-25(16-5-2)23(27)22(24(28)31-25)21(6-3)18-11-10-12-19(17-18)26-32(29,30)20-13-8-7-9-14-20/h7-14,17,21,26-27H,4-6,15-16H2,1-3H3. The second kappa shape index (κ2) is 9.77. The van der Waals surface area contributed by atoms with Gasteiger partial charge in [-0.25, -0.2) is 13.2 Å². The molecule has 0 fully saturated rings. The number of carbonyl (C=O) groups excluding carboxylic acids is 1. The lowest BCUT2D eigenvalue weighted by Gasteiger charge is -2.27. The zero-order chi connectivity index (χ0) is 23.4. The number of carbonyl (C=O) groups is 1. The second-order valence-electron chi connectivity index (χ2n) is 8.15. The molecule has 1 atom stereocenters. The normalized spacial score (nSPS) is 16.7. The Kier molecular flexibility index (Phi) is 7.29. The van der Waals surface area contributed by atoms with E-state index in [2.05, 4.69) is 4.72 Å². The molecule has 32 heavy (non-hydrogen) atoms. The van der Waals surface area contributed by atoms with Crippen molar-refractivity contribution >= 4 is 21.7 Å². The number of benzene rings is 2. The molecule has 2 aromatic carbocycles. The van der Waals surface area contributed by atoms with E-state index in [4.69, 9.17) is 4.74 Å². The van der Waals surface area contributed by atoms with Crippen LogP contribution in [0.3, 0.4) is 0 Å². The van der Waals surface area contributed by atoms with Gasteiger partial charge in [0.25, 0.3) is 10.0 Å². The summed E-state index contributed by atoms with van der Waals surface area (Å²) >= 11 is 0. The Balaban J connectivity index is 1.96. The lowest BCUT2D eigenvalue weighted by molar-refractivity contribution is -0.149. The summed E-state index contributed by atoms with van der Waals surface area (Å²) in [4.78, 5) is 13.0. The van der Waals surface area contributed by atoms with Gasteiger partial charge in [0.2, 0.25) is 0 Å². The monoisotopic (exact) mass is 457 g/mol. The van der Waals surface area contributed by atoms with Crippen LogP contribution in [0.1, 0.15) is 64.4 Å². The number of anilines is 1. The van der Waals surface area contributed by atoms with E-state index in [1.54, 1.807) is 36.4 Å². The van der Waals surface area contributed by atoms with Crippen LogP contribution in [-0.2, 0) is 19.6 Å². The van der Waals surface area contributed by atoms with E-state index in [1.165, 1.54) is 12.1 Å². The van der Waals surface area contributed by atoms with Crippen molar-refractivity contribution in [3.05, 3.63) is 71.5 Å². The first-order valence-corrected chi connectivity index (χ1v) is 12.6. The number of hydrogen-bond donors (Lipinski definition) is 2. The molecule has 0 aliphatic carbocycles. The van der Waals surface area contributed by atoms with E-state index in [0.717, 1.165) is 18.4 Å². The third kappa shape index (κ3) is 4.67. The fourth-order valence-electron chi connectivity index (χ4n) is 4.44. The molecule has 0 saturated heterocycles. The molecule has 1 aliphatic rings. The van der Waals surface area contributed by atoms with Gasteiger partial charge < -0.3 is 9.84 Å². The molecule has 0 amide bonds. The van der Waals surface area contributed by atoms with Crippen LogP contribution in [0.4, 0.5) is 5.69 Å². The molecular formula is C25H31NO5S. The number of aliphatic hydroxyl groups is 1. The molecule has 1 aliphatic heterocycles. The average Bonchev–Trinajstić information content (AvgIpc) is 3.00. The number of rotatable bonds is 10. The molecule has 7 heteroatoms. The minimum atomic E-state index is -3.74. The lowest BCUT2D eigenvalue weighted by atomic mass is 9.83. The Morgan fingerprint density at radius 3 is 2.25 bits per heavy atom. The molecule has 1 unspecified atom stereocenters. The minimum absolute atomic E-state index is 0.0216. The van der Waals surface area contributed by atoms with Crippen molar-refractivity contribution in [1.82, 2.24) is 0 Å². The summed E-state index contributed by atoms with van der Waals surface area (Å²) in [6, 6.07) is 15.1. The van der Waals surface area contributed by atoms with Gasteiger partial charge in [-0.2, -0.15) is 0 Å². The van der Waals surface area contributed by atoms with Gasteiger partial charge in [-0.05, 0) is 49.1 Å². The molecule has 3 rings (SSSR count). The molecule has 2 N–H and O–H groups in total. The van der Waals surface area contributed by atoms with Crippen LogP contribution in [0, 0.1) is 0 Å². The number of cyclic esters (lactones) is 1. The Labute approximate surface area is 190 Å². The molecule has 0 saturated carbocycles. The van der Waals surface area contributed by atoms with E-state index in [-0.39, 0.29) is 16.2 Å². The van der Waals surface area contributed by atoms with Gasteiger partial charge in [-0.15, -0.1) is 0 Å². The molecule has 0 spiro atoms. The van der Waals surface area contributed by atoms with Gasteiger partial charge in [0.05, 0.1) is 10.5 Å². The van der Waals surface area contributed by atoms with Crippen molar-refractivity contribution in [3.8, 4) is 0 Å². The van der Waals surface area contributed by atoms with Gasteiger partial charge in [0.15, 0.2) is 5.60 Å². The van der Waals surface area contributed by atoms with Crippen LogP contribution in [0.5, 0.6) is 0 Å². The van der Waals surface area contributed by atoms with E-state index in [9.17, 15) is 18.3 Å². The summed E-state index contributed by atoms with van der Waals surface area (Å²) < 4.78 is 33.8. The summed E-state index contributed by atoms with van der Waals surface area (Å²) in [5.74, 6) is -0.876. The molecule has 1 heterocycles. The quantitative estimate of drug-likeness (QED) is 0.447. The number of hydrogen-bond acceptors (Lipinski definition) is 5. The molecule has 0 radical (unpaired) electrons. The second-order valence-corrected chi connectivity index (χ2v) is 9.83. The molecule has 0 bridgehead atoms. The Morgan fingerprint density at radius 1 is 1.00 bits per heavy atom. The Hall–Kier alpha value is -2.80. The van der Waals surface area contributed by atoms with Crippen molar-refractivity contribution in [3.63, 3.8) is 0 Å². The van der Waals surface area contributed by atoms with Crippen molar-refractivity contribution < 1.29 is 23.1 Å². The molecule has 6 nitrogen and oxygen atoms in total. The highest BCUT2D eigenvalue weighted by Crippen LogP contribution is 2.44. The molecule has 172 valence electrons. The van der Waals surface area contributed by atoms with Crippen LogP contribution < -0.4 is 4.72 Å². The summed E-state index contributed by atoms with van der Waals surface area (Å²) in [5, 5.41) is 11.1. The third-order valence-electron chi connectivity index (χ3n) is 5.85. The number of ether oxygens (including phenoxy) is 1. The highest BCUT2D eigenvalue weighted by molar-refractivity contribution is 7.92. The number of aliphatic hydroxyl groups excluding tert-OH is 1. The fraction of sp³-hybridized carbons (Fsp3) is 0.400. The van der Waals surface area contributed by atoms with Crippen LogP contribution >= 0.6 is 0 Å². The van der Waals surface area contributed by atoms with E-state index < -0.39 is 27.5 Å². The Morgan fingerprint density at radius 2 is 1.66 bits per heavy atom. The SMILES string of the molecule is CCCC1(CCC)OC(=O)C(C(CC)c2cccc(NS(=O)(=O)c3ccccc3)c2)=C1O. The van der Waals surface area contributed by atoms with Crippen LogP contribution in [0.25, 0.3) is 0 Å². The van der Waals surface area contributed by atoms with Gasteiger partial charge in [-0.1, -0.05) is 63.9 Å². The Bertz CT molecular complexity index is 1090. The van der Waals surface area contributed by atoms with E-state index >= 15 is 0 Å². The van der Waals surface area contributed by atoms with Gasteiger partial charge in [-0.3, -0.25) is 4.72 Å². The average molecular weight is 458 g/mol. The summed E-state index contributed by atoms with van der Waals surface area (Å²) in [6.07, 6.45) is 3.23. The third-order valence-corrected chi connectivity index (χ3v) is 7.25. The predicted molar refractivity (Wildman–Crippen MR) is 125 cm³/mol. The smallest absolute Gasteiger partial charge is 0.339 e.